The van der Waals surface area contributed by atoms with Crippen LogP contribution >= 0.6 is 0 Å². The van der Waals surface area contributed by atoms with Gasteiger partial charge in [-0.3, -0.25) is 9.69 Å². The van der Waals surface area contributed by atoms with Crippen LogP contribution in [0, 0.1) is 0 Å². The molecule has 2 aromatic carbocycles. The Labute approximate surface area is 235 Å². The Hall–Kier alpha value is -3.60. The zero-order chi connectivity index (χ0) is 28.1. The third-order valence-electron chi connectivity index (χ3n) is 7.75. The van der Waals surface area contributed by atoms with Crippen molar-refractivity contribution in [2.45, 2.75) is 56.4 Å². The summed E-state index contributed by atoms with van der Waals surface area (Å²) < 4.78 is 23.7. The molecule has 2 N–H and O–H groups in total. The molecule has 6 rings (SSSR count). The molecular weight excluding hydrogens is 530 g/mol. The van der Waals surface area contributed by atoms with Gasteiger partial charge in [-0.2, -0.15) is 0 Å². The number of oxime groups is 1. The van der Waals surface area contributed by atoms with Gasteiger partial charge in [0, 0.05) is 49.5 Å². The minimum atomic E-state index is -3.08. The van der Waals surface area contributed by atoms with E-state index in [1.54, 1.807) is 6.92 Å². The van der Waals surface area contributed by atoms with Gasteiger partial charge in [0.25, 0.3) is 5.91 Å². The number of nitrogens with one attached hydrogen (secondary N) is 2. The van der Waals surface area contributed by atoms with Crippen molar-refractivity contribution in [1.29, 1.82) is 0 Å². The fourth-order valence-corrected chi connectivity index (χ4v) is 7.55. The van der Waals surface area contributed by atoms with E-state index in [4.69, 9.17) is 4.84 Å². The molecule has 0 aromatic heterocycles. The highest BCUT2D eigenvalue weighted by molar-refractivity contribution is 7.93. The predicted molar refractivity (Wildman–Crippen MR) is 155 cm³/mol. The predicted octanol–water partition coefficient (Wildman–Crippen LogP) is 3.40. The number of amides is 3. The van der Waals surface area contributed by atoms with Crippen molar-refractivity contribution >= 4 is 38.9 Å². The molecule has 0 aliphatic carbocycles. The van der Waals surface area contributed by atoms with E-state index in [0.29, 0.717) is 25.2 Å². The van der Waals surface area contributed by atoms with Gasteiger partial charge < -0.3 is 20.4 Å². The first kappa shape index (κ1) is 27.9. The molecule has 0 radical (unpaired) electrons. The van der Waals surface area contributed by atoms with Crippen molar-refractivity contribution in [2.24, 2.45) is 5.16 Å². The second-order valence-corrected chi connectivity index (χ2v) is 12.8. The van der Waals surface area contributed by atoms with Gasteiger partial charge in [-0.05, 0) is 44.0 Å². The third kappa shape index (κ3) is 6.24. The number of sulfone groups is 1. The molecule has 3 amide bonds. The molecule has 214 valence electrons. The molecule has 3 atom stereocenters. The number of imide groups is 1. The van der Waals surface area contributed by atoms with E-state index in [1.165, 1.54) is 36.3 Å². The molecule has 2 aromatic rings. The van der Waals surface area contributed by atoms with Gasteiger partial charge in [0.15, 0.2) is 15.9 Å². The zero-order valence-electron chi connectivity index (χ0n) is 22.8. The lowest BCUT2D eigenvalue weighted by Crippen LogP contribution is -2.43. The summed E-state index contributed by atoms with van der Waals surface area (Å²) in [5.74, 6) is 0.00960. The Balaban J connectivity index is 0.000000174. The number of hydrogen-bond acceptors (Lipinski definition) is 8. The van der Waals surface area contributed by atoms with Crippen LogP contribution in [0.3, 0.4) is 0 Å². The lowest BCUT2D eigenvalue weighted by atomic mass is 10.0. The first-order chi connectivity index (χ1) is 19.3. The Morgan fingerprint density at radius 3 is 2.38 bits per heavy atom. The molecule has 40 heavy (non-hydrogen) atoms. The van der Waals surface area contributed by atoms with E-state index >= 15 is 0 Å². The van der Waals surface area contributed by atoms with E-state index in [1.807, 2.05) is 42.5 Å². The first-order valence-electron chi connectivity index (χ1n) is 14.0. The summed E-state index contributed by atoms with van der Waals surface area (Å²) in [6, 6.07) is 16.8. The number of benzene rings is 2. The van der Waals surface area contributed by atoms with Gasteiger partial charge >= 0.3 is 6.03 Å². The average molecular weight is 568 g/mol. The van der Waals surface area contributed by atoms with Crippen LogP contribution in [0.25, 0.3) is 0 Å². The van der Waals surface area contributed by atoms with Gasteiger partial charge in [-0.15, -0.1) is 0 Å². The van der Waals surface area contributed by atoms with Gasteiger partial charge in [-0.25, -0.2) is 13.2 Å². The molecule has 4 aliphatic heterocycles. The quantitative estimate of drug-likeness (QED) is 0.568. The van der Waals surface area contributed by atoms with Crippen molar-refractivity contribution in [3.63, 3.8) is 0 Å². The maximum atomic E-state index is 12.3. The number of fused-ring (bicyclic) bond motifs is 1. The van der Waals surface area contributed by atoms with Crippen LogP contribution in [0.5, 0.6) is 0 Å². The zero-order valence-corrected chi connectivity index (χ0v) is 23.6. The molecule has 0 bridgehead atoms. The van der Waals surface area contributed by atoms with Crippen LogP contribution < -0.4 is 15.5 Å². The third-order valence-corrected chi connectivity index (χ3v) is 9.86. The Kier molecular flexibility index (Phi) is 8.58. The second-order valence-electron chi connectivity index (χ2n) is 10.6. The molecule has 3 fully saturated rings. The van der Waals surface area contributed by atoms with Gasteiger partial charge in [0.1, 0.15) is 17.0 Å². The normalized spacial score (nSPS) is 24.0. The molecule has 3 unspecified atom stereocenters. The maximum absolute atomic E-state index is 12.3. The minimum Gasteiger partial charge on any atom is -0.390 e. The number of carbonyl (C=O) groups is 2. The Morgan fingerprint density at radius 2 is 1.73 bits per heavy atom. The van der Waals surface area contributed by atoms with E-state index in [2.05, 4.69) is 32.8 Å². The average Bonchev–Trinajstić information content (AvgIpc) is 3.60. The number of urea groups is 1. The fourth-order valence-electron chi connectivity index (χ4n) is 5.57. The largest absolute Gasteiger partial charge is 0.390 e. The van der Waals surface area contributed by atoms with Gasteiger partial charge in [0.2, 0.25) is 0 Å². The summed E-state index contributed by atoms with van der Waals surface area (Å²) in [5.41, 5.74) is 3.53. The fraction of sp³-hybridized carbons (Fsp3) is 0.483. The molecule has 11 heteroatoms. The highest BCUT2D eigenvalue weighted by Gasteiger charge is 2.49. The number of carbonyl (C=O) groups excluding carboxylic acids is 2. The summed E-state index contributed by atoms with van der Waals surface area (Å²) in [5, 5.41) is 9.21. The second kappa shape index (κ2) is 12.3. The Bertz CT molecular complexity index is 1320. The highest BCUT2D eigenvalue weighted by Crippen LogP contribution is 2.32. The van der Waals surface area contributed by atoms with Crippen LogP contribution in [-0.2, 0) is 19.5 Å². The SMILES string of the molecule is CC(Nc1ccc(N2CCCCCC2)cc1)C(=O)N1CCNC1=O.O=S1(=O)CCC2ON=C(c3ccccc3)C21. The summed E-state index contributed by atoms with van der Waals surface area (Å²) in [6.07, 6.45) is 5.42. The number of anilines is 2. The number of rotatable bonds is 5. The van der Waals surface area contributed by atoms with E-state index in [0.717, 1.165) is 24.3 Å². The maximum Gasteiger partial charge on any atom is 0.324 e. The lowest BCUT2D eigenvalue weighted by molar-refractivity contribution is -0.128. The monoisotopic (exact) mass is 567 g/mol. The van der Waals surface area contributed by atoms with Gasteiger partial charge in [-0.1, -0.05) is 48.3 Å². The van der Waals surface area contributed by atoms with Crippen molar-refractivity contribution in [2.75, 3.05) is 42.1 Å². The van der Waals surface area contributed by atoms with Crippen LogP contribution in [0.15, 0.2) is 59.8 Å². The van der Waals surface area contributed by atoms with E-state index in [9.17, 15) is 18.0 Å². The summed E-state index contributed by atoms with van der Waals surface area (Å²) in [7, 11) is -3.08. The van der Waals surface area contributed by atoms with E-state index < -0.39 is 21.1 Å². The first-order valence-corrected chi connectivity index (χ1v) is 15.8. The molecule has 0 saturated carbocycles. The highest BCUT2D eigenvalue weighted by atomic mass is 32.2. The molecule has 0 spiro atoms. The van der Waals surface area contributed by atoms with Crippen LogP contribution in [0.4, 0.5) is 16.2 Å². The summed E-state index contributed by atoms with van der Waals surface area (Å²) in [4.78, 5) is 32.8. The van der Waals surface area contributed by atoms with Crippen molar-refractivity contribution in [3.05, 3.63) is 60.2 Å². The van der Waals surface area contributed by atoms with Crippen molar-refractivity contribution in [1.82, 2.24) is 10.2 Å². The Morgan fingerprint density at radius 1 is 1.02 bits per heavy atom. The molecule has 4 aliphatic rings. The minimum absolute atomic E-state index is 0.193. The number of nitrogens with zero attached hydrogens (tertiary/aromatic N) is 3. The topological polar surface area (TPSA) is 120 Å². The molecular formula is C29H37N5O5S. The molecule has 4 heterocycles. The van der Waals surface area contributed by atoms with E-state index in [-0.39, 0.29) is 23.8 Å². The van der Waals surface area contributed by atoms with Crippen LogP contribution in [-0.4, -0.2) is 80.3 Å². The lowest BCUT2D eigenvalue weighted by Gasteiger charge is -2.23. The summed E-state index contributed by atoms with van der Waals surface area (Å²) in [6.45, 7) is 4.99. The van der Waals surface area contributed by atoms with Crippen LogP contribution in [0.2, 0.25) is 0 Å². The standard InChI is InChI=1S/C18H26N4O2.C11H11NO3S/c1-14(17(23)22-13-10-19-18(22)24)20-15-6-8-16(9-7-15)21-11-4-2-3-5-12-21;13-16(14)7-6-9-11(16)10(12-15-9)8-4-2-1-3-5-8/h6-9,14,20H,2-5,10-13H2,1H3,(H,19,24);1-5,9,11H,6-7H2. The van der Waals surface area contributed by atoms with Crippen molar-refractivity contribution < 1.29 is 22.8 Å². The van der Waals surface area contributed by atoms with Gasteiger partial charge in [0.05, 0.1) is 5.75 Å². The van der Waals surface area contributed by atoms with Crippen LogP contribution in [0.1, 0.15) is 44.6 Å². The van der Waals surface area contributed by atoms with Crippen molar-refractivity contribution in [3.8, 4) is 0 Å². The molecule has 3 saturated heterocycles. The smallest absolute Gasteiger partial charge is 0.324 e. The summed E-state index contributed by atoms with van der Waals surface area (Å²) >= 11 is 0. The number of hydrogen-bond donors (Lipinski definition) is 2. The molecule has 10 nitrogen and oxygen atoms in total.